The van der Waals surface area contributed by atoms with Crippen molar-refractivity contribution in [3.63, 3.8) is 0 Å². The number of aromatic nitrogens is 1. The van der Waals surface area contributed by atoms with E-state index in [1.807, 2.05) is 29.2 Å². The number of hydrogen-bond donors (Lipinski definition) is 2. The van der Waals surface area contributed by atoms with Crippen LogP contribution in [0.5, 0.6) is 0 Å². The minimum atomic E-state index is -0.529. The summed E-state index contributed by atoms with van der Waals surface area (Å²) in [6.07, 6.45) is 0.217. The van der Waals surface area contributed by atoms with Gasteiger partial charge in [-0.1, -0.05) is 12.1 Å². The maximum atomic E-state index is 9.90. The van der Waals surface area contributed by atoms with E-state index in [0.29, 0.717) is 12.6 Å². The second kappa shape index (κ2) is 4.59. The van der Waals surface area contributed by atoms with Crippen molar-refractivity contribution in [3.8, 4) is 0 Å². The molecular formula is C13H16N2O3. The van der Waals surface area contributed by atoms with Gasteiger partial charge in [0.05, 0.1) is 6.10 Å². The number of aliphatic hydroxyl groups excluding tert-OH is 2. The lowest BCUT2D eigenvalue weighted by Gasteiger charge is -2.33. The molecular weight excluding hydrogens is 232 g/mol. The average Bonchev–Trinajstić information content (AvgIpc) is 2.82. The number of rotatable bonds is 2. The summed E-state index contributed by atoms with van der Waals surface area (Å²) in [5.74, 6) is -0.0365. The summed E-state index contributed by atoms with van der Waals surface area (Å²) in [4.78, 5) is 6.33. The van der Waals surface area contributed by atoms with Gasteiger partial charge in [0, 0.05) is 25.6 Å². The van der Waals surface area contributed by atoms with E-state index in [1.54, 1.807) is 0 Å². The smallest absolute Gasteiger partial charge is 0.298 e. The first-order valence-electron chi connectivity index (χ1n) is 6.17. The van der Waals surface area contributed by atoms with Crippen LogP contribution >= 0.6 is 0 Å². The van der Waals surface area contributed by atoms with Gasteiger partial charge in [0.1, 0.15) is 5.52 Å². The SMILES string of the molecule is OC[C@H]1CCN(c2nc3ccccc3o2)C[C@H]1O. The fraction of sp³-hybridized carbons (Fsp3) is 0.462. The third-order valence-electron chi connectivity index (χ3n) is 3.51. The van der Waals surface area contributed by atoms with Gasteiger partial charge in [0.25, 0.3) is 6.01 Å². The number of hydrogen-bond acceptors (Lipinski definition) is 5. The Morgan fingerprint density at radius 1 is 1.39 bits per heavy atom. The van der Waals surface area contributed by atoms with Crippen LogP contribution in [0.2, 0.25) is 0 Å². The van der Waals surface area contributed by atoms with E-state index in [9.17, 15) is 5.11 Å². The number of piperidine rings is 1. The van der Waals surface area contributed by atoms with Crippen molar-refractivity contribution in [3.05, 3.63) is 24.3 Å². The van der Waals surface area contributed by atoms with E-state index in [2.05, 4.69) is 4.98 Å². The first kappa shape index (κ1) is 11.5. The van der Waals surface area contributed by atoms with E-state index in [-0.39, 0.29) is 12.5 Å². The van der Waals surface area contributed by atoms with E-state index in [0.717, 1.165) is 24.1 Å². The lowest BCUT2D eigenvalue weighted by Crippen LogP contribution is -2.45. The van der Waals surface area contributed by atoms with E-state index in [4.69, 9.17) is 9.52 Å². The molecule has 1 aliphatic heterocycles. The van der Waals surface area contributed by atoms with Gasteiger partial charge in [-0.2, -0.15) is 4.98 Å². The lowest BCUT2D eigenvalue weighted by molar-refractivity contribution is 0.0535. The summed E-state index contributed by atoms with van der Waals surface area (Å²) >= 11 is 0. The van der Waals surface area contributed by atoms with Crippen LogP contribution in [-0.4, -0.2) is 41.0 Å². The molecule has 1 fully saturated rings. The van der Waals surface area contributed by atoms with E-state index in [1.165, 1.54) is 0 Å². The molecule has 5 heteroatoms. The van der Waals surface area contributed by atoms with Crippen molar-refractivity contribution in [1.82, 2.24) is 4.98 Å². The third-order valence-corrected chi connectivity index (χ3v) is 3.51. The number of fused-ring (bicyclic) bond motifs is 1. The summed E-state index contributed by atoms with van der Waals surface area (Å²) < 4.78 is 5.67. The van der Waals surface area contributed by atoms with Gasteiger partial charge in [-0.15, -0.1) is 0 Å². The topological polar surface area (TPSA) is 69.7 Å². The highest BCUT2D eigenvalue weighted by molar-refractivity contribution is 5.74. The van der Waals surface area contributed by atoms with Gasteiger partial charge in [0.2, 0.25) is 0 Å². The fourth-order valence-electron chi connectivity index (χ4n) is 2.36. The Morgan fingerprint density at radius 3 is 2.94 bits per heavy atom. The van der Waals surface area contributed by atoms with Crippen LogP contribution in [0.1, 0.15) is 6.42 Å². The van der Waals surface area contributed by atoms with Crippen LogP contribution in [0.3, 0.4) is 0 Å². The van der Waals surface area contributed by atoms with Crippen LogP contribution < -0.4 is 4.90 Å². The van der Waals surface area contributed by atoms with Gasteiger partial charge in [-0.3, -0.25) is 0 Å². The average molecular weight is 248 g/mol. The number of β-amino-alcohol motifs (C(OH)–C–C–N with tert-alkyl or cyclic N) is 1. The zero-order valence-electron chi connectivity index (χ0n) is 9.99. The van der Waals surface area contributed by atoms with Crippen LogP contribution in [0.25, 0.3) is 11.1 Å². The van der Waals surface area contributed by atoms with Gasteiger partial charge in [0.15, 0.2) is 5.58 Å². The quantitative estimate of drug-likeness (QED) is 0.830. The minimum absolute atomic E-state index is 0.0303. The molecule has 2 atom stereocenters. The monoisotopic (exact) mass is 248 g/mol. The summed E-state index contributed by atoms with van der Waals surface area (Å²) in [6, 6.07) is 8.15. The molecule has 0 unspecified atom stereocenters. The van der Waals surface area contributed by atoms with Crippen molar-refractivity contribution in [2.24, 2.45) is 5.92 Å². The Bertz CT molecular complexity index is 507. The number of aliphatic hydroxyl groups is 2. The molecule has 1 saturated heterocycles. The highest BCUT2D eigenvalue weighted by Gasteiger charge is 2.29. The van der Waals surface area contributed by atoms with Crippen LogP contribution in [0.15, 0.2) is 28.7 Å². The summed E-state index contributed by atoms with van der Waals surface area (Å²) in [5, 5.41) is 19.0. The van der Waals surface area contributed by atoms with E-state index < -0.39 is 6.10 Å². The Morgan fingerprint density at radius 2 is 2.22 bits per heavy atom. The number of para-hydroxylation sites is 2. The molecule has 0 bridgehead atoms. The molecule has 0 saturated carbocycles. The Balaban J connectivity index is 1.83. The minimum Gasteiger partial charge on any atom is -0.423 e. The van der Waals surface area contributed by atoms with Gasteiger partial charge in [-0.05, 0) is 18.6 Å². The standard InChI is InChI=1S/C13H16N2O3/c16-8-9-5-6-15(7-11(9)17)13-14-10-3-1-2-4-12(10)18-13/h1-4,9,11,16-17H,5-8H2/t9-,11-/m1/s1. The van der Waals surface area contributed by atoms with Crippen LogP contribution in [0, 0.1) is 5.92 Å². The molecule has 2 heterocycles. The predicted octanol–water partition coefficient (Wildman–Crippen LogP) is 1.01. The number of benzene rings is 1. The van der Waals surface area contributed by atoms with Gasteiger partial charge >= 0.3 is 0 Å². The highest BCUT2D eigenvalue weighted by Crippen LogP contribution is 2.26. The first-order chi connectivity index (χ1) is 8.78. The Labute approximate surface area is 105 Å². The Hall–Kier alpha value is -1.59. The summed E-state index contributed by atoms with van der Waals surface area (Å²) in [6.45, 7) is 1.23. The molecule has 18 heavy (non-hydrogen) atoms. The third kappa shape index (κ3) is 1.95. The number of nitrogens with zero attached hydrogens (tertiary/aromatic N) is 2. The summed E-state index contributed by atoms with van der Waals surface area (Å²) in [5.41, 5.74) is 1.58. The molecule has 1 aromatic heterocycles. The molecule has 5 nitrogen and oxygen atoms in total. The maximum Gasteiger partial charge on any atom is 0.298 e. The molecule has 3 rings (SSSR count). The molecule has 0 radical (unpaired) electrons. The van der Waals surface area contributed by atoms with Crippen molar-refractivity contribution >= 4 is 17.1 Å². The highest BCUT2D eigenvalue weighted by atomic mass is 16.4. The number of oxazole rings is 1. The molecule has 2 N–H and O–H groups in total. The van der Waals surface area contributed by atoms with Crippen molar-refractivity contribution in [2.75, 3.05) is 24.6 Å². The molecule has 0 amide bonds. The molecule has 0 aliphatic carbocycles. The van der Waals surface area contributed by atoms with E-state index >= 15 is 0 Å². The normalized spacial score (nSPS) is 24.7. The second-order valence-electron chi connectivity index (χ2n) is 4.71. The zero-order chi connectivity index (χ0) is 12.5. The van der Waals surface area contributed by atoms with Gasteiger partial charge in [-0.25, -0.2) is 0 Å². The van der Waals surface area contributed by atoms with Crippen molar-refractivity contribution in [1.29, 1.82) is 0 Å². The molecule has 1 aromatic carbocycles. The van der Waals surface area contributed by atoms with Crippen LogP contribution in [0.4, 0.5) is 6.01 Å². The largest absolute Gasteiger partial charge is 0.423 e. The summed E-state index contributed by atoms with van der Waals surface area (Å²) in [7, 11) is 0. The molecule has 0 spiro atoms. The zero-order valence-corrected chi connectivity index (χ0v) is 9.99. The fourth-order valence-corrected chi connectivity index (χ4v) is 2.36. The van der Waals surface area contributed by atoms with Crippen LogP contribution in [-0.2, 0) is 0 Å². The first-order valence-corrected chi connectivity index (χ1v) is 6.17. The van der Waals surface area contributed by atoms with Crippen molar-refractivity contribution in [2.45, 2.75) is 12.5 Å². The van der Waals surface area contributed by atoms with Crippen molar-refractivity contribution < 1.29 is 14.6 Å². The second-order valence-corrected chi connectivity index (χ2v) is 4.71. The van der Waals surface area contributed by atoms with Gasteiger partial charge < -0.3 is 19.5 Å². The molecule has 2 aromatic rings. The maximum absolute atomic E-state index is 9.90. The molecule has 1 aliphatic rings. The lowest BCUT2D eigenvalue weighted by atomic mass is 9.95. The Kier molecular flexibility index (Phi) is 2.93. The number of anilines is 1. The predicted molar refractivity (Wildman–Crippen MR) is 67.4 cm³/mol. The molecule has 96 valence electrons.